The highest BCUT2D eigenvalue weighted by atomic mass is 16.5. The molecule has 0 radical (unpaired) electrons. The van der Waals surface area contributed by atoms with Crippen LogP contribution in [0.2, 0.25) is 0 Å². The van der Waals surface area contributed by atoms with E-state index in [-0.39, 0.29) is 17.6 Å². The van der Waals surface area contributed by atoms with Crippen LogP contribution in [0.4, 0.5) is 0 Å². The van der Waals surface area contributed by atoms with E-state index < -0.39 is 0 Å². The lowest BCUT2D eigenvalue weighted by molar-refractivity contribution is -0.0636. The van der Waals surface area contributed by atoms with E-state index in [9.17, 15) is 0 Å². The lowest BCUT2D eigenvalue weighted by Gasteiger charge is -2.29. The van der Waals surface area contributed by atoms with Crippen molar-refractivity contribution >= 4 is 0 Å². The molecule has 1 aliphatic rings. The summed E-state index contributed by atoms with van der Waals surface area (Å²) in [5, 5.41) is 4.21. The summed E-state index contributed by atoms with van der Waals surface area (Å²) in [4.78, 5) is 4.60. The van der Waals surface area contributed by atoms with Crippen molar-refractivity contribution in [1.29, 1.82) is 0 Å². The lowest BCUT2D eigenvalue weighted by atomic mass is 9.93. The highest BCUT2D eigenvalue weighted by molar-refractivity contribution is 5.05. The zero-order valence-corrected chi connectivity index (χ0v) is 12.9. The summed E-state index contributed by atoms with van der Waals surface area (Å²) in [6.07, 6.45) is 6.80. The fraction of sp³-hybridized carbons (Fsp3) is 0.867. The van der Waals surface area contributed by atoms with E-state index in [1.54, 1.807) is 0 Å². The van der Waals surface area contributed by atoms with Gasteiger partial charge in [-0.25, -0.2) is 0 Å². The summed E-state index contributed by atoms with van der Waals surface area (Å²) in [6.45, 7) is 6.67. The average Bonchev–Trinajstić information content (AvgIpc) is 2.80. The van der Waals surface area contributed by atoms with Crippen molar-refractivity contribution in [3.8, 4) is 0 Å². The van der Waals surface area contributed by atoms with Crippen molar-refractivity contribution in [3.05, 3.63) is 11.7 Å². The molecule has 20 heavy (non-hydrogen) atoms. The predicted molar refractivity (Wildman–Crippen MR) is 77.4 cm³/mol. The van der Waals surface area contributed by atoms with Crippen LogP contribution >= 0.6 is 0 Å². The molecule has 0 bridgehead atoms. The van der Waals surface area contributed by atoms with Crippen molar-refractivity contribution in [3.63, 3.8) is 0 Å². The van der Waals surface area contributed by atoms with Crippen LogP contribution in [0, 0.1) is 0 Å². The summed E-state index contributed by atoms with van der Waals surface area (Å²) in [5.74, 6) is 1.41. The molecule has 0 amide bonds. The molecule has 1 fully saturated rings. The Kier molecular flexibility index (Phi) is 5.16. The SMILES string of the molecule is CCOC1(c2noc(C(C)C(C)N)n2)CCCCCC1. The number of aromatic nitrogens is 2. The maximum atomic E-state index is 6.07. The highest BCUT2D eigenvalue weighted by Crippen LogP contribution is 2.38. The van der Waals surface area contributed by atoms with Gasteiger partial charge in [-0.2, -0.15) is 4.98 Å². The number of nitrogens with zero attached hydrogens (tertiary/aromatic N) is 2. The van der Waals surface area contributed by atoms with Crippen molar-refractivity contribution in [2.24, 2.45) is 5.73 Å². The smallest absolute Gasteiger partial charge is 0.231 e. The number of nitrogens with two attached hydrogens (primary N) is 1. The van der Waals surface area contributed by atoms with Gasteiger partial charge >= 0.3 is 0 Å². The van der Waals surface area contributed by atoms with E-state index in [1.165, 1.54) is 12.8 Å². The van der Waals surface area contributed by atoms with Gasteiger partial charge in [0.05, 0.1) is 5.92 Å². The van der Waals surface area contributed by atoms with Gasteiger partial charge in [-0.3, -0.25) is 0 Å². The second-order valence-electron chi connectivity index (χ2n) is 5.95. The van der Waals surface area contributed by atoms with Gasteiger partial charge in [0.1, 0.15) is 5.60 Å². The van der Waals surface area contributed by atoms with E-state index in [4.69, 9.17) is 15.0 Å². The minimum Gasteiger partial charge on any atom is -0.367 e. The molecule has 1 aliphatic carbocycles. The lowest BCUT2D eigenvalue weighted by Crippen LogP contribution is -2.31. The zero-order chi connectivity index (χ0) is 14.6. The molecule has 1 heterocycles. The van der Waals surface area contributed by atoms with Crippen molar-refractivity contribution in [1.82, 2.24) is 10.1 Å². The second kappa shape index (κ2) is 6.68. The molecule has 2 unspecified atom stereocenters. The number of hydrogen-bond acceptors (Lipinski definition) is 5. The van der Waals surface area contributed by atoms with E-state index >= 15 is 0 Å². The van der Waals surface area contributed by atoms with Gasteiger partial charge in [-0.05, 0) is 26.7 Å². The normalized spacial score (nSPS) is 22.2. The number of ether oxygens (including phenoxy) is 1. The van der Waals surface area contributed by atoms with Gasteiger partial charge in [0, 0.05) is 12.6 Å². The Morgan fingerprint density at radius 2 is 1.90 bits per heavy atom. The van der Waals surface area contributed by atoms with Gasteiger partial charge in [0.2, 0.25) is 11.7 Å². The predicted octanol–water partition coefficient (Wildman–Crippen LogP) is 3.11. The van der Waals surface area contributed by atoms with Gasteiger partial charge < -0.3 is 15.0 Å². The van der Waals surface area contributed by atoms with E-state index in [2.05, 4.69) is 10.1 Å². The molecule has 1 aromatic rings. The van der Waals surface area contributed by atoms with Gasteiger partial charge in [0.15, 0.2) is 0 Å². The average molecular weight is 281 g/mol. The summed E-state index contributed by atoms with van der Waals surface area (Å²) in [5.41, 5.74) is 5.56. The fourth-order valence-electron chi connectivity index (χ4n) is 2.84. The van der Waals surface area contributed by atoms with Crippen LogP contribution in [0.1, 0.15) is 76.9 Å². The quantitative estimate of drug-likeness (QED) is 0.839. The molecule has 0 spiro atoms. The van der Waals surface area contributed by atoms with E-state index in [0.717, 1.165) is 25.7 Å². The van der Waals surface area contributed by atoms with Gasteiger partial charge in [0.25, 0.3) is 0 Å². The third-order valence-electron chi connectivity index (χ3n) is 4.36. The highest BCUT2D eigenvalue weighted by Gasteiger charge is 2.38. The maximum absolute atomic E-state index is 6.07. The molecule has 2 rings (SSSR count). The topological polar surface area (TPSA) is 74.2 Å². The Labute approximate surface area is 121 Å². The van der Waals surface area contributed by atoms with Crippen molar-refractivity contribution in [2.45, 2.75) is 76.9 Å². The van der Waals surface area contributed by atoms with Crippen LogP contribution in [-0.4, -0.2) is 22.8 Å². The van der Waals surface area contributed by atoms with Crippen molar-refractivity contribution in [2.75, 3.05) is 6.61 Å². The van der Waals surface area contributed by atoms with Crippen LogP contribution in [0.5, 0.6) is 0 Å². The first kappa shape index (κ1) is 15.4. The van der Waals surface area contributed by atoms with Crippen LogP contribution in [0.25, 0.3) is 0 Å². The molecule has 0 saturated heterocycles. The Balaban J connectivity index is 2.25. The van der Waals surface area contributed by atoms with Crippen LogP contribution in [-0.2, 0) is 10.3 Å². The monoisotopic (exact) mass is 281 g/mol. The van der Waals surface area contributed by atoms with Gasteiger partial charge in [-0.15, -0.1) is 0 Å². The van der Waals surface area contributed by atoms with Crippen LogP contribution < -0.4 is 5.73 Å². The van der Waals surface area contributed by atoms with E-state index in [1.807, 2.05) is 20.8 Å². The molecule has 1 saturated carbocycles. The summed E-state index contributed by atoms with van der Waals surface area (Å²) in [6, 6.07) is 0.000442. The minimum atomic E-state index is -0.357. The molecule has 5 heteroatoms. The molecular weight excluding hydrogens is 254 g/mol. The van der Waals surface area contributed by atoms with E-state index in [0.29, 0.717) is 18.3 Å². The maximum Gasteiger partial charge on any atom is 0.231 e. The third-order valence-corrected chi connectivity index (χ3v) is 4.36. The zero-order valence-electron chi connectivity index (χ0n) is 12.9. The summed E-state index contributed by atoms with van der Waals surface area (Å²) in [7, 11) is 0. The molecule has 2 N–H and O–H groups in total. The number of rotatable bonds is 5. The van der Waals surface area contributed by atoms with Crippen molar-refractivity contribution < 1.29 is 9.26 Å². The Hall–Kier alpha value is -0.940. The standard InChI is InChI=1S/C15H27N3O2/c1-4-19-15(9-7-5-6-8-10-15)14-17-13(20-18-14)11(2)12(3)16/h11-12H,4-10,16H2,1-3H3. The molecular formula is C15H27N3O2. The molecule has 1 aromatic heterocycles. The molecule has 0 aromatic carbocycles. The first-order valence-corrected chi connectivity index (χ1v) is 7.82. The fourth-order valence-corrected chi connectivity index (χ4v) is 2.84. The summed E-state index contributed by atoms with van der Waals surface area (Å²) >= 11 is 0. The number of hydrogen-bond donors (Lipinski definition) is 1. The molecule has 5 nitrogen and oxygen atoms in total. The largest absolute Gasteiger partial charge is 0.367 e. The first-order valence-electron chi connectivity index (χ1n) is 7.82. The Bertz CT molecular complexity index is 409. The van der Waals surface area contributed by atoms with Crippen LogP contribution in [0.3, 0.4) is 0 Å². The third kappa shape index (κ3) is 3.20. The molecule has 114 valence electrons. The second-order valence-corrected chi connectivity index (χ2v) is 5.95. The first-order chi connectivity index (χ1) is 9.59. The Morgan fingerprint density at radius 3 is 2.45 bits per heavy atom. The Morgan fingerprint density at radius 1 is 1.25 bits per heavy atom. The van der Waals surface area contributed by atoms with Gasteiger partial charge in [-0.1, -0.05) is 37.8 Å². The minimum absolute atomic E-state index is 0.000442. The summed E-state index contributed by atoms with van der Waals surface area (Å²) < 4.78 is 11.5. The molecule has 0 aliphatic heterocycles. The molecule has 2 atom stereocenters. The van der Waals surface area contributed by atoms with Crippen LogP contribution in [0.15, 0.2) is 4.52 Å².